The van der Waals surface area contributed by atoms with Crippen molar-refractivity contribution < 1.29 is 18.7 Å². The molecular formula is C25H23NO4S. The number of anilines is 1. The Morgan fingerprint density at radius 2 is 1.71 bits per heavy atom. The lowest BCUT2D eigenvalue weighted by Gasteiger charge is -2.15. The molecule has 1 aromatic heterocycles. The van der Waals surface area contributed by atoms with Gasteiger partial charge in [0.1, 0.15) is 11.5 Å². The summed E-state index contributed by atoms with van der Waals surface area (Å²) in [6.07, 6.45) is 2.51. The van der Waals surface area contributed by atoms with E-state index in [-0.39, 0.29) is 11.8 Å². The molecule has 5 nitrogen and oxygen atoms in total. The second-order valence-corrected chi connectivity index (χ2v) is 8.21. The first-order chi connectivity index (χ1) is 15.1. The fraction of sp³-hybridized carbons (Fsp3) is 0.200. The van der Waals surface area contributed by atoms with Crippen LogP contribution in [0.2, 0.25) is 0 Å². The molecule has 4 rings (SSSR count). The van der Waals surface area contributed by atoms with Gasteiger partial charge in [-0.25, -0.2) is 4.90 Å². The molecule has 0 unspecified atom stereocenters. The van der Waals surface area contributed by atoms with Crippen molar-refractivity contribution in [1.29, 1.82) is 0 Å². The molecule has 0 saturated heterocycles. The molecule has 0 radical (unpaired) electrons. The summed E-state index contributed by atoms with van der Waals surface area (Å²) >= 11 is 1.32. The minimum Gasteiger partial charge on any atom is -0.494 e. The Morgan fingerprint density at radius 3 is 2.35 bits per heavy atom. The molecular weight excluding hydrogens is 410 g/mol. The molecule has 0 aliphatic carbocycles. The maximum absolute atomic E-state index is 13.4. The van der Waals surface area contributed by atoms with Crippen LogP contribution in [0.15, 0.2) is 76.2 Å². The highest BCUT2D eigenvalue weighted by atomic mass is 32.2. The molecule has 2 heterocycles. The van der Waals surface area contributed by atoms with Crippen LogP contribution in [0, 0.1) is 6.92 Å². The second-order valence-electron chi connectivity index (χ2n) is 7.23. The fourth-order valence-electron chi connectivity index (χ4n) is 3.30. The van der Waals surface area contributed by atoms with E-state index in [4.69, 9.17) is 9.15 Å². The van der Waals surface area contributed by atoms with Gasteiger partial charge in [-0.1, -0.05) is 36.8 Å². The van der Waals surface area contributed by atoms with Gasteiger partial charge in [0.15, 0.2) is 0 Å². The van der Waals surface area contributed by atoms with Gasteiger partial charge in [-0.2, -0.15) is 0 Å². The number of imide groups is 1. The summed E-state index contributed by atoms with van der Waals surface area (Å²) in [6, 6.07) is 18.4. The Balaban J connectivity index is 1.69. The summed E-state index contributed by atoms with van der Waals surface area (Å²) in [5, 5.41) is 0. The molecule has 0 atom stereocenters. The topological polar surface area (TPSA) is 59.8 Å². The summed E-state index contributed by atoms with van der Waals surface area (Å²) in [5.74, 6) is 1.31. The van der Waals surface area contributed by atoms with E-state index in [0.29, 0.717) is 34.1 Å². The Kier molecular flexibility index (Phi) is 6.28. The molecule has 31 heavy (non-hydrogen) atoms. The number of furan rings is 1. The summed E-state index contributed by atoms with van der Waals surface area (Å²) in [4.78, 5) is 28.4. The van der Waals surface area contributed by atoms with Gasteiger partial charge in [-0.05, 0) is 55.3 Å². The van der Waals surface area contributed by atoms with Crippen LogP contribution in [0.4, 0.5) is 5.69 Å². The van der Waals surface area contributed by atoms with Crippen LogP contribution < -0.4 is 9.64 Å². The van der Waals surface area contributed by atoms with Crippen LogP contribution in [0.1, 0.15) is 30.2 Å². The van der Waals surface area contributed by atoms with E-state index in [0.717, 1.165) is 23.5 Å². The van der Waals surface area contributed by atoms with Gasteiger partial charge in [0, 0.05) is 0 Å². The van der Waals surface area contributed by atoms with Crippen LogP contribution in [-0.4, -0.2) is 18.4 Å². The number of amides is 2. The predicted molar refractivity (Wildman–Crippen MR) is 123 cm³/mol. The van der Waals surface area contributed by atoms with Crippen molar-refractivity contribution in [3.63, 3.8) is 0 Å². The lowest BCUT2D eigenvalue weighted by Crippen LogP contribution is -2.31. The SMILES string of the molecule is CCCOc1ccc(C2=C(SCc3ccco3)C(=O)N(c3ccc(C)cc3)C2=O)cc1. The lowest BCUT2D eigenvalue weighted by atomic mass is 10.1. The first-order valence-electron chi connectivity index (χ1n) is 10.2. The first-order valence-corrected chi connectivity index (χ1v) is 11.1. The smallest absolute Gasteiger partial charge is 0.272 e. The number of hydrogen-bond donors (Lipinski definition) is 0. The zero-order valence-corrected chi connectivity index (χ0v) is 18.3. The highest BCUT2D eigenvalue weighted by molar-refractivity contribution is 8.03. The average molecular weight is 434 g/mol. The van der Waals surface area contributed by atoms with Gasteiger partial charge < -0.3 is 9.15 Å². The summed E-state index contributed by atoms with van der Waals surface area (Å²) in [5.41, 5.74) is 2.73. The maximum atomic E-state index is 13.4. The third kappa shape index (κ3) is 4.44. The molecule has 3 aromatic rings. The molecule has 0 fully saturated rings. The van der Waals surface area contributed by atoms with E-state index in [1.54, 1.807) is 24.5 Å². The van der Waals surface area contributed by atoms with Crippen molar-refractivity contribution in [2.45, 2.75) is 26.0 Å². The quantitative estimate of drug-likeness (QED) is 0.433. The normalized spacial score (nSPS) is 13.9. The monoisotopic (exact) mass is 433 g/mol. The zero-order valence-electron chi connectivity index (χ0n) is 17.5. The summed E-state index contributed by atoms with van der Waals surface area (Å²) in [7, 11) is 0. The highest BCUT2D eigenvalue weighted by Gasteiger charge is 2.40. The minimum absolute atomic E-state index is 0.313. The van der Waals surface area contributed by atoms with Crippen LogP contribution in [0.5, 0.6) is 5.75 Å². The Bertz CT molecular complexity index is 1100. The number of rotatable bonds is 8. The Morgan fingerprint density at radius 1 is 0.968 bits per heavy atom. The number of thioether (sulfide) groups is 1. The molecule has 0 saturated carbocycles. The number of nitrogens with zero attached hydrogens (tertiary/aromatic N) is 1. The van der Waals surface area contributed by atoms with E-state index in [9.17, 15) is 9.59 Å². The van der Waals surface area contributed by atoms with Crippen molar-refractivity contribution in [3.05, 3.63) is 88.7 Å². The van der Waals surface area contributed by atoms with Crippen LogP contribution in [0.3, 0.4) is 0 Å². The predicted octanol–water partition coefficient (Wildman–Crippen LogP) is 5.59. The van der Waals surface area contributed by atoms with Crippen molar-refractivity contribution in [2.75, 3.05) is 11.5 Å². The van der Waals surface area contributed by atoms with E-state index in [1.807, 2.05) is 56.3 Å². The number of aryl methyl sites for hydroxylation is 1. The van der Waals surface area contributed by atoms with Gasteiger partial charge in [-0.3, -0.25) is 9.59 Å². The molecule has 2 aromatic carbocycles. The van der Waals surface area contributed by atoms with Gasteiger partial charge >= 0.3 is 0 Å². The fourth-order valence-corrected chi connectivity index (χ4v) is 4.32. The van der Waals surface area contributed by atoms with Crippen LogP contribution in [0.25, 0.3) is 5.57 Å². The first kappa shape index (κ1) is 21.0. The van der Waals surface area contributed by atoms with E-state index in [1.165, 1.54) is 16.7 Å². The molecule has 1 aliphatic heterocycles. The van der Waals surface area contributed by atoms with Gasteiger partial charge in [0.25, 0.3) is 11.8 Å². The van der Waals surface area contributed by atoms with Crippen molar-refractivity contribution >= 4 is 34.8 Å². The number of ether oxygens (including phenoxy) is 1. The van der Waals surface area contributed by atoms with Gasteiger partial charge in [-0.15, -0.1) is 11.8 Å². The number of carbonyl (C=O) groups is 2. The molecule has 2 amide bonds. The van der Waals surface area contributed by atoms with Gasteiger partial charge in [0.2, 0.25) is 0 Å². The second kappa shape index (κ2) is 9.27. The standard InChI is InChI=1S/C25H23NO4S/c1-3-14-29-20-12-8-18(9-13-20)22-23(31-16-21-5-4-15-30-21)25(28)26(24(22)27)19-10-6-17(2)7-11-19/h4-13,15H,3,14,16H2,1-2H3. The minimum atomic E-state index is -0.321. The van der Waals surface area contributed by atoms with Crippen molar-refractivity contribution in [1.82, 2.24) is 0 Å². The number of carbonyl (C=O) groups excluding carboxylic acids is 2. The Labute approximate surface area is 185 Å². The van der Waals surface area contributed by atoms with Gasteiger partial charge in [0.05, 0.1) is 34.8 Å². The Hall–Kier alpha value is -3.25. The average Bonchev–Trinajstić information content (AvgIpc) is 3.38. The molecule has 0 spiro atoms. The van der Waals surface area contributed by atoms with Crippen LogP contribution >= 0.6 is 11.8 Å². The van der Waals surface area contributed by atoms with Crippen molar-refractivity contribution in [2.24, 2.45) is 0 Å². The van der Waals surface area contributed by atoms with E-state index < -0.39 is 0 Å². The highest BCUT2D eigenvalue weighted by Crippen LogP contribution is 2.40. The molecule has 158 valence electrons. The number of benzene rings is 2. The van der Waals surface area contributed by atoms with E-state index in [2.05, 4.69) is 0 Å². The largest absolute Gasteiger partial charge is 0.494 e. The van der Waals surface area contributed by atoms with E-state index >= 15 is 0 Å². The third-order valence-electron chi connectivity index (χ3n) is 4.89. The molecule has 1 aliphatic rings. The zero-order chi connectivity index (χ0) is 21.8. The van der Waals surface area contributed by atoms with Crippen molar-refractivity contribution in [3.8, 4) is 5.75 Å². The lowest BCUT2D eigenvalue weighted by molar-refractivity contribution is -0.119. The molecule has 0 N–H and O–H groups in total. The summed E-state index contributed by atoms with van der Waals surface area (Å²) < 4.78 is 11.1. The summed E-state index contributed by atoms with van der Waals surface area (Å²) in [6.45, 7) is 4.64. The van der Waals surface area contributed by atoms with Crippen LogP contribution in [-0.2, 0) is 15.3 Å². The molecule has 6 heteroatoms. The number of hydrogen-bond acceptors (Lipinski definition) is 5. The third-order valence-corrected chi connectivity index (χ3v) is 5.98. The maximum Gasteiger partial charge on any atom is 0.272 e. The molecule has 0 bridgehead atoms.